The minimum Gasteiger partial charge on any atom is -0.390 e. The van der Waals surface area contributed by atoms with Gasteiger partial charge >= 0.3 is 0 Å². The molecule has 0 spiro atoms. The van der Waals surface area contributed by atoms with Crippen LogP contribution in [0.5, 0.6) is 0 Å². The van der Waals surface area contributed by atoms with Crippen LogP contribution in [-0.4, -0.2) is 21.4 Å². The lowest BCUT2D eigenvalue weighted by molar-refractivity contribution is -0.172. The summed E-state index contributed by atoms with van der Waals surface area (Å²) in [6, 6.07) is 0. The van der Waals surface area contributed by atoms with E-state index in [9.17, 15) is 10.2 Å². The monoisotopic (exact) mass is 310 g/mol. The van der Waals surface area contributed by atoms with Crippen LogP contribution in [0.15, 0.2) is 0 Å². The predicted octanol–water partition coefficient (Wildman–Crippen LogP) is 4.92. The lowest BCUT2D eigenvalue weighted by atomic mass is 9.45. The van der Waals surface area contributed by atoms with Gasteiger partial charge in [-0.05, 0) is 81.5 Å². The molecule has 0 bridgehead atoms. The molecule has 0 saturated heterocycles. The van der Waals surface area contributed by atoms with Crippen molar-refractivity contribution >= 4 is 0 Å². The van der Waals surface area contributed by atoms with Crippen molar-refractivity contribution in [3.63, 3.8) is 0 Å². The zero-order chi connectivity index (χ0) is 16.8. The normalized spacial score (nSPS) is 44.2. The third-order valence-electron chi connectivity index (χ3n) is 7.50. The van der Waals surface area contributed by atoms with E-state index in [1.54, 1.807) is 0 Å². The third kappa shape index (κ3) is 3.24. The maximum atomic E-state index is 11.1. The number of fused-ring (bicyclic) bond motifs is 1. The number of aliphatic hydroxyl groups is 2. The molecule has 1 unspecified atom stereocenters. The highest BCUT2D eigenvalue weighted by molar-refractivity contribution is 5.07. The Labute approximate surface area is 137 Å². The molecule has 2 N–H and O–H groups in total. The van der Waals surface area contributed by atoms with E-state index in [2.05, 4.69) is 20.8 Å². The lowest BCUT2D eigenvalue weighted by Crippen LogP contribution is -2.57. The SMILES string of the molecule is CCC(C)(O)CC[C@@H]1[C@@]2(C)CCCC(C)(C)[C@@H]2CC[C@@]1(C)O. The van der Waals surface area contributed by atoms with Crippen LogP contribution in [0.3, 0.4) is 0 Å². The molecule has 0 aromatic heterocycles. The van der Waals surface area contributed by atoms with Crippen LogP contribution in [0.25, 0.3) is 0 Å². The smallest absolute Gasteiger partial charge is 0.0653 e. The number of hydrogen-bond acceptors (Lipinski definition) is 2. The first-order valence-electron chi connectivity index (χ1n) is 9.39. The van der Waals surface area contributed by atoms with E-state index in [-0.39, 0.29) is 5.41 Å². The highest BCUT2D eigenvalue weighted by Gasteiger charge is 2.57. The standard InChI is InChI=1S/C20H38O2/c1-7-18(4,21)13-9-16-19(5)12-8-11-17(2,3)15(19)10-14-20(16,6)22/h15-16,21-22H,7-14H2,1-6H3/t15-,16+,18?,19-,20+/m0/s1. The third-order valence-corrected chi connectivity index (χ3v) is 7.50. The van der Waals surface area contributed by atoms with Crippen molar-refractivity contribution in [1.82, 2.24) is 0 Å². The topological polar surface area (TPSA) is 40.5 Å². The average molecular weight is 311 g/mol. The fourth-order valence-corrected chi connectivity index (χ4v) is 5.90. The zero-order valence-electron chi connectivity index (χ0n) is 15.7. The molecule has 22 heavy (non-hydrogen) atoms. The van der Waals surface area contributed by atoms with Crippen molar-refractivity contribution in [3.05, 3.63) is 0 Å². The van der Waals surface area contributed by atoms with Crippen LogP contribution in [-0.2, 0) is 0 Å². The van der Waals surface area contributed by atoms with E-state index in [4.69, 9.17) is 0 Å². The summed E-state index contributed by atoms with van der Waals surface area (Å²) in [6.07, 6.45) is 8.41. The molecule has 0 amide bonds. The van der Waals surface area contributed by atoms with E-state index in [0.29, 0.717) is 17.3 Å². The van der Waals surface area contributed by atoms with Crippen LogP contribution in [0, 0.1) is 22.7 Å². The summed E-state index contributed by atoms with van der Waals surface area (Å²) in [7, 11) is 0. The van der Waals surface area contributed by atoms with Gasteiger partial charge in [-0.2, -0.15) is 0 Å². The Morgan fingerprint density at radius 2 is 1.73 bits per heavy atom. The largest absolute Gasteiger partial charge is 0.390 e. The molecule has 0 aromatic rings. The summed E-state index contributed by atoms with van der Waals surface area (Å²) < 4.78 is 0. The summed E-state index contributed by atoms with van der Waals surface area (Å²) >= 11 is 0. The average Bonchev–Trinajstić information content (AvgIpc) is 2.35. The molecule has 0 heterocycles. The van der Waals surface area contributed by atoms with Crippen molar-refractivity contribution in [2.24, 2.45) is 22.7 Å². The summed E-state index contributed by atoms with van der Waals surface area (Å²) in [6.45, 7) is 13.3. The van der Waals surface area contributed by atoms with Gasteiger partial charge < -0.3 is 10.2 Å². The second-order valence-corrected chi connectivity index (χ2v) is 9.74. The van der Waals surface area contributed by atoms with Crippen LogP contribution < -0.4 is 0 Å². The van der Waals surface area contributed by atoms with Gasteiger partial charge in [0.05, 0.1) is 11.2 Å². The Balaban J connectivity index is 2.26. The van der Waals surface area contributed by atoms with Gasteiger partial charge in [0.2, 0.25) is 0 Å². The summed E-state index contributed by atoms with van der Waals surface area (Å²) in [4.78, 5) is 0. The maximum Gasteiger partial charge on any atom is 0.0653 e. The van der Waals surface area contributed by atoms with Crippen LogP contribution in [0.1, 0.15) is 92.9 Å². The molecule has 130 valence electrons. The van der Waals surface area contributed by atoms with E-state index in [1.807, 2.05) is 20.8 Å². The summed E-state index contributed by atoms with van der Waals surface area (Å²) in [5.74, 6) is 1.00. The quantitative estimate of drug-likeness (QED) is 0.773. The molecular weight excluding hydrogens is 272 g/mol. The number of rotatable bonds is 4. The minimum absolute atomic E-state index is 0.216. The molecule has 0 radical (unpaired) electrons. The van der Waals surface area contributed by atoms with E-state index in [1.165, 1.54) is 19.3 Å². The Kier molecular flexibility index (Phi) is 4.79. The molecule has 2 aliphatic rings. The van der Waals surface area contributed by atoms with E-state index in [0.717, 1.165) is 32.1 Å². The van der Waals surface area contributed by atoms with Crippen LogP contribution in [0.4, 0.5) is 0 Å². The van der Waals surface area contributed by atoms with Crippen molar-refractivity contribution < 1.29 is 10.2 Å². The summed E-state index contributed by atoms with van der Waals surface area (Å²) in [5, 5.41) is 21.5. The van der Waals surface area contributed by atoms with Gasteiger partial charge in [-0.15, -0.1) is 0 Å². The molecule has 5 atom stereocenters. The first kappa shape index (κ1) is 18.3. The second kappa shape index (κ2) is 5.77. The molecule has 0 aromatic carbocycles. The molecule has 2 rings (SSSR count). The Morgan fingerprint density at radius 3 is 2.32 bits per heavy atom. The van der Waals surface area contributed by atoms with Crippen LogP contribution in [0.2, 0.25) is 0 Å². The van der Waals surface area contributed by atoms with Crippen molar-refractivity contribution in [1.29, 1.82) is 0 Å². The van der Waals surface area contributed by atoms with Gasteiger partial charge in [0.1, 0.15) is 0 Å². The Hall–Kier alpha value is -0.0800. The van der Waals surface area contributed by atoms with Crippen molar-refractivity contribution in [2.75, 3.05) is 0 Å². The fourth-order valence-electron chi connectivity index (χ4n) is 5.90. The fraction of sp³-hybridized carbons (Fsp3) is 1.00. The molecule has 2 nitrogen and oxygen atoms in total. The zero-order valence-corrected chi connectivity index (χ0v) is 15.7. The first-order chi connectivity index (χ1) is 9.95. The van der Waals surface area contributed by atoms with Crippen LogP contribution >= 0.6 is 0 Å². The molecule has 2 heteroatoms. The molecular formula is C20H38O2. The lowest BCUT2D eigenvalue weighted by Gasteiger charge is -2.61. The van der Waals surface area contributed by atoms with Gasteiger partial charge in [0.25, 0.3) is 0 Å². The van der Waals surface area contributed by atoms with Gasteiger partial charge in [0.15, 0.2) is 0 Å². The van der Waals surface area contributed by atoms with Crippen molar-refractivity contribution in [3.8, 4) is 0 Å². The highest BCUT2D eigenvalue weighted by atomic mass is 16.3. The molecule has 0 aliphatic heterocycles. The van der Waals surface area contributed by atoms with Crippen molar-refractivity contribution in [2.45, 2.75) is 104 Å². The predicted molar refractivity (Wildman–Crippen MR) is 92.7 cm³/mol. The molecule has 2 fully saturated rings. The molecule has 2 aliphatic carbocycles. The highest BCUT2D eigenvalue weighted by Crippen LogP contribution is 2.63. The maximum absolute atomic E-state index is 11.1. The Morgan fingerprint density at radius 1 is 1.09 bits per heavy atom. The minimum atomic E-state index is -0.594. The second-order valence-electron chi connectivity index (χ2n) is 9.74. The van der Waals surface area contributed by atoms with E-state index < -0.39 is 11.2 Å². The van der Waals surface area contributed by atoms with Gasteiger partial charge in [-0.1, -0.05) is 34.1 Å². The number of hydrogen-bond donors (Lipinski definition) is 2. The first-order valence-corrected chi connectivity index (χ1v) is 9.39. The van der Waals surface area contributed by atoms with E-state index >= 15 is 0 Å². The summed E-state index contributed by atoms with van der Waals surface area (Å²) in [5.41, 5.74) is -0.575. The van der Waals surface area contributed by atoms with Gasteiger partial charge in [-0.25, -0.2) is 0 Å². The molecule has 2 saturated carbocycles. The van der Waals surface area contributed by atoms with Gasteiger partial charge in [0, 0.05) is 0 Å². The van der Waals surface area contributed by atoms with Gasteiger partial charge in [-0.3, -0.25) is 0 Å². The Bertz CT molecular complexity index is 397.